The molecule has 0 radical (unpaired) electrons. The lowest BCUT2D eigenvalue weighted by Gasteiger charge is -2.28. The lowest BCUT2D eigenvalue weighted by molar-refractivity contribution is 0.395. The van der Waals surface area contributed by atoms with Gasteiger partial charge in [-0.15, -0.1) is 0 Å². The van der Waals surface area contributed by atoms with Gasteiger partial charge in [-0.3, -0.25) is 0 Å². The molecule has 5 aromatic rings. The number of phenols is 1. The van der Waals surface area contributed by atoms with Crippen LogP contribution in [-0.4, -0.2) is 59.1 Å². The molecule has 0 aliphatic rings. The third kappa shape index (κ3) is 8.66. The zero-order valence-electron chi connectivity index (χ0n) is 31.0. The number of hydrogen-bond donors (Lipinski definition) is 1. The molecule has 0 fully saturated rings. The van der Waals surface area contributed by atoms with Crippen LogP contribution in [0.5, 0.6) is 5.75 Å². The van der Waals surface area contributed by atoms with Crippen molar-refractivity contribution in [3.8, 4) is 5.75 Å². The summed E-state index contributed by atoms with van der Waals surface area (Å²) in [5.41, 5.74) is 7.08. The van der Waals surface area contributed by atoms with E-state index in [2.05, 4.69) is 72.2 Å². The molecule has 5 rings (SSSR count). The number of anilines is 2. The fraction of sp³-hybridized carbons (Fsp3) is 0.318. The number of benzene rings is 5. The highest BCUT2D eigenvalue weighted by atomic mass is 32.2. The quantitative estimate of drug-likeness (QED) is 0.104. The zero-order chi connectivity index (χ0) is 36.5. The third-order valence-electron chi connectivity index (χ3n) is 9.68. The van der Waals surface area contributed by atoms with Crippen molar-refractivity contribution < 1.29 is 13.5 Å². The van der Waals surface area contributed by atoms with Gasteiger partial charge in [-0.25, -0.2) is 8.42 Å². The summed E-state index contributed by atoms with van der Waals surface area (Å²) in [6.45, 7) is 5.07. The van der Waals surface area contributed by atoms with E-state index < -0.39 is 21.9 Å². The first-order valence-corrected chi connectivity index (χ1v) is 19.5. The molecule has 1 N–H and O–H groups in total. The predicted octanol–water partition coefficient (Wildman–Crippen LogP) is 9.48. The van der Waals surface area contributed by atoms with Crippen LogP contribution in [0.15, 0.2) is 126 Å². The highest BCUT2D eigenvalue weighted by Crippen LogP contribution is 2.46. The summed E-state index contributed by atoms with van der Waals surface area (Å²) in [6.07, 6.45) is 3.33. The van der Waals surface area contributed by atoms with Gasteiger partial charge < -0.3 is 14.9 Å². The van der Waals surface area contributed by atoms with E-state index in [1.807, 2.05) is 88.9 Å². The minimum atomic E-state index is -3.93. The lowest BCUT2D eigenvalue weighted by Crippen LogP contribution is -2.33. The summed E-state index contributed by atoms with van der Waals surface area (Å²) in [5, 5.41) is 12.6. The summed E-state index contributed by atoms with van der Waals surface area (Å²) >= 11 is 0. The van der Waals surface area contributed by atoms with Gasteiger partial charge in [-0.1, -0.05) is 112 Å². The van der Waals surface area contributed by atoms with E-state index in [1.165, 1.54) is 0 Å². The van der Waals surface area contributed by atoms with Gasteiger partial charge in [0.15, 0.2) is 0 Å². The summed E-state index contributed by atoms with van der Waals surface area (Å²) in [4.78, 5) is 4.31. The average Bonchev–Trinajstić information content (AvgIpc) is 3.14. The monoisotopic (exact) mass is 703 g/mol. The van der Waals surface area contributed by atoms with E-state index in [-0.39, 0.29) is 10.6 Å². The number of unbranched alkanes of at least 4 members (excludes halogenated alkanes) is 2. The van der Waals surface area contributed by atoms with Gasteiger partial charge in [0.2, 0.25) is 10.0 Å². The van der Waals surface area contributed by atoms with Crippen LogP contribution in [0.1, 0.15) is 84.7 Å². The molecule has 0 aliphatic heterocycles. The van der Waals surface area contributed by atoms with E-state index in [4.69, 9.17) is 0 Å². The van der Waals surface area contributed by atoms with Crippen molar-refractivity contribution in [2.75, 3.05) is 51.1 Å². The number of rotatable bonds is 16. The molecule has 0 spiro atoms. The van der Waals surface area contributed by atoms with Crippen LogP contribution < -0.4 is 9.80 Å². The summed E-state index contributed by atoms with van der Waals surface area (Å²) in [6, 6.07) is 40.2. The fourth-order valence-corrected chi connectivity index (χ4v) is 8.32. The van der Waals surface area contributed by atoms with Crippen LogP contribution in [0.25, 0.3) is 0 Å². The second kappa shape index (κ2) is 17.1. The Morgan fingerprint density at radius 2 is 0.902 bits per heavy atom. The molecule has 268 valence electrons. The first-order chi connectivity index (χ1) is 24.6. The SMILES string of the molecule is CCCCN(CCCC)S(=O)(=O)c1cc(C(c2ccccc2)c2ccc(N(C)C)cc2)c(O)c(C(c2ccccc2)c2ccc(N(C)C)cc2)c1. The van der Waals surface area contributed by atoms with E-state index in [0.717, 1.165) is 59.3 Å². The van der Waals surface area contributed by atoms with Crippen molar-refractivity contribution in [2.24, 2.45) is 0 Å². The molecule has 2 unspecified atom stereocenters. The smallest absolute Gasteiger partial charge is 0.243 e. The van der Waals surface area contributed by atoms with Gasteiger partial charge in [0, 0.05) is 75.6 Å². The molecular weight excluding hydrogens is 651 g/mol. The van der Waals surface area contributed by atoms with Gasteiger partial charge in [-0.2, -0.15) is 4.31 Å². The van der Waals surface area contributed by atoms with Gasteiger partial charge >= 0.3 is 0 Å². The van der Waals surface area contributed by atoms with Gasteiger partial charge in [0.1, 0.15) is 5.75 Å². The molecule has 0 aromatic heterocycles. The molecule has 0 amide bonds. The van der Waals surface area contributed by atoms with Crippen molar-refractivity contribution in [2.45, 2.75) is 56.3 Å². The van der Waals surface area contributed by atoms with Crippen LogP contribution in [0.3, 0.4) is 0 Å². The standard InChI is InChI=1S/C44H53N3O3S/c1-7-9-29-47(30-10-8-2)51(49,50)39-31-40(42(33-17-13-11-14-18-33)35-21-25-37(26-22-35)45(3)4)44(48)41(32-39)43(34-19-15-12-16-20-34)36-23-27-38(28-24-36)46(5)6/h11-28,31-32,42-43,48H,7-10,29-30H2,1-6H3. The van der Waals surface area contributed by atoms with Crippen LogP contribution in [0.2, 0.25) is 0 Å². The Hall–Kier alpha value is -4.59. The molecule has 5 aromatic carbocycles. The normalized spacial score (nSPS) is 12.8. The predicted molar refractivity (Wildman–Crippen MR) is 213 cm³/mol. The first kappa shape index (κ1) is 37.7. The van der Waals surface area contributed by atoms with Crippen molar-refractivity contribution in [3.63, 3.8) is 0 Å². The maximum Gasteiger partial charge on any atom is 0.243 e. The van der Waals surface area contributed by atoms with E-state index in [0.29, 0.717) is 24.2 Å². The Morgan fingerprint density at radius 1 is 0.549 bits per heavy atom. The molecule has 2 atom stereocenters. The molecule has 7 heteroatoms. The molecule has 0 saturated carbocycles. The van der Waals surface area contributed by atoms with Crippen LogP contribution >= 0.6 is 0 Å². The first-order valence-electron chi connectivity index (χ1n) is 18.1. The summed E-state index contributed by atoms with van der Waals surface area (Å²) in [7, 11) is 4.10. The minimum absolute atomic E-state index is 0.0960. The Labute approximate surface area is 306 Å². The summed E-state index contributed by atoms with van der Waals surface area (Å²) in [5.74, 6) is -0.758. The highest BCUT2D eigenvalue weighted by molar-refractivity contribution is 7.89. The average molecular weight is 704 g/mol. The van der Waals surface area contributed by atoms with Gasteiger partial charge in [-0.05, 0) is 71.5 Å². The molecule has 0 saturated heterocycles. The van der Waals surface area contributed by atoms with E-state index in [1.54, 1.807) is 16.4 Å². The third-order valence-corrected chi connectivity index (χ3v) is 11.6. The lowest BCUT2D eigenvalue weighted by atomic mass is 9.79. The number of phenolic OH excluding ortho intramolecular Hbond substituents is 1. The Balaban J connectivity index is 1.84. The highest BCUT2D eigenvalue weighted by Gasteiger charge is 2.32. The molecule has 0 heterocycles. The van der Waals surface area contributed by atoms with Crippen LogP contribution in [-0.2, 0) is 10.0 Å². The molecule has 0 bridgehead atoms. The Kier molecular flexibility index (Phi) is 12.6. The molecular formula is C44H53N3O3S. The second-order valence-electron chi connectivity index (χ2n) is 13.7. The Bertz CT molecular complexity index is 1820. The fourth-order valence-electron chi connectivity index (χ4n) is 6.73. The zero-order valence-corrected chi connectivity index (χ0v) is 31.8. The van der Waals surface area contributed by atoms with Crippen molar-refractivity contribution in [1.82, 2.24) is 4.31 Å². The number of nitrogens with zero attached hydrogens (tertiary/aromatic N) is 3. The van der Waals surface area contributed by atoms with Crippen LogP contribution in [0, 0.1) is 0 Å². The van der Waals surface area contributed by atoms with Crippen molar-refractivity contribution in [1.29, 1.82) is 0 Å². The second-order valence-corrected chi connectivity index (χ2v) is 15.7. The van der Waals surface area contributed by atoms with Crippen molar-refractivity contribution >= 4 is 21.4 Å². The minimum Gasteiger partial charge on any atom is -0.507 e. The van der Waals surface area contributed by atoms with Gasteiger partial charge in [0.25, 0.3) is 0 Å². The topological polar surface area (TPSA) is 64.1 Å². The largest absolute Gasteiger partial charge is 0.507 e. The van der Waals surface area contributed by atoms with Crippen LogP contribution in [0.4, 0.5) is 11.4 Å². The maximum absolute atomic E-state index is 14.8. The summed E-state index contributed by atoms with van der Waals surface area (Å²) < 4.78 is 31.3. The molecule has 51 heavy (non-hydrogen) atoms. The Morgan fingerprint density at radius 3 is 1.24 bits per heavy atom. The number of sulfonamides is 1. The molecule has 6 nitrogen and oxygen atoms in total. The maximum atomic E-state index is 14.8. The van der Waals surface area contributed by atoms with Gasteiger partial charge in [0.05, 0.1) is 4.90 Å². The molecule has 0 aliphatic carbocycles. The van der Waals surface area contributed by atoms with Crippen molar-refractivity contribution in [3.05, 3.63) is 155 Å². The number of hydrogen-bond acceptors (Lipinski definition) is 5. The van der Waals surface area contributed by atoms with E-state index >= 15 is 0 Å². The number of aromatic hydroxyl groups is 1. The van der Waals surface area contributed by atoms with E-state index in [9.17, 15) is 13.5 Å².